The molecule has 0 bridgehead atoms. The van der Waals surface area contributed by atoms with Crippen LogP contribution in [-0.4, -0.2) is 35.7 Å². The van der Waals surface area contributed by atoms with Gasteiger partial charge in [-0.05, 0) is 6.42 Å². The summed E-state index contributed by atoms with van der Waals surface area (Å²) in [6.07, 6.45) is 2.92. The lowest BCUT2D eigenvalue weighted by Crippen LogP contribution is -2.34. The predicted molar refractivity (Wildman–Crippen MR) is 64.1 cm³/mol. The number of nitrogens with one attached hydrogen (secondary N) is 1. The number of hydrogen-bond acceptors (Lipinski definition) is 2. The summed E-state index contributed by atoms with van der Waals surface area (Å²) < 4.78 is 0. The molecule has 0 fully saturated rings. The van der Waals surface area contributed by atoms with E-state index in [2.05, 4.69) is 24.5 Å². The lowest BCUT2D eigenvalue weighted by Gasteiger charge is -2.20. The summed E-state index contributed by atoms with van der Waals surface area (Å²) in [5, 5.41) is 2.06. The zero-order valence-corrected chi connectivity index (χ0v) is 9.93. The van der Waals surface area contributed by atoms with Gasteiger partial charge in [0, 0.05) is 26.1 Å². The van der Waals surface area contributed by atoms with Crippen molar-refractivity contribution in [1.29, 1.82) is 0 Å². The fourth-order valence-corrected chi connectivity index (χ4v) is 1.29. The summed E-state index contributed by atoms with van der Waals surface area (Å²) in [5.41, 5.74) is 0. The summed E-state index contributed by atoms with van der Waals surface area (Å²) in [5.74, 6) is 0.0267. The van der Waals surface area contributed by atoms with Gasteiger partial charge in [0.25, 0.3) is 5.24 Å². The Morgan fingerprint density at radius 2 is 2.20 bits per heavy atom. The van der Waals surface area contributed by atoms with Gasteiger partial charge >= 0.3 is 0 Å². The fraction of sp³-hybridized carbons (Fsp3) is 0.600. The molecule has 4 nitrogen and oxygen atoms in total. The third kappa shape index (κ3) is 7.02. The highest BCUT2D eigenvalue weighted by atomic mass is 32.1. The first-order valence-electron chi connectivity index (χ1n) is 4.97. The molecule has 0 aromatic carbocycles. The average molecular weight is 230 g/mol. The highest BCUT2D eigenvalue weighted by Gasteiger charge is 2.10. The Kier molecular flexibility index (Phi) is 7.81. The van der Waals surface area contributed by atoms with Crippen molar-refractivity contribution in [2.24, 2.45) is 0 Å². The Morgan fingerprint density at radius 1 is 1.53 bits per heavy atom. The van der Waals surface area contributed by atoms with Gasteiger partial charge in [-0.25, -0.2) is 0 Å². The molecular weight excluding hydrogens is 212 g/mol. The van der Waals surface area contributed by atoms with Crippen LogP contribution in [0.25, 0.3) is 0 Å². The minimum atomic E-state index is -0.409. The third-order valence-electron chi connectivity index (χ3n) is 1.81. The van der Waals surface area contributed by atoms with E-state index in [0.717, 1.165) is 13.0 Å². The van der Waals surface area contributed by atoms with Crippen LogP contribution in [-0.2, 0) is 4.79 Å². The second kappa shape index (κ2) is 8.35. The molecule has 15 heavy (non-hydrogen) atoms. The Bertz CT molecular complexity index is 231. The van der Waals surface area contributed by atoms with Crippen LogP contribution in [0, 0.1) is 0 Å². The Hall–Kier alpha value is -0.970. The highest BCUT2D eigenvalue weighted by Crippen LogP contribution is 1.96. The largest absolute Gasteiger partial charge is 0.347 e. The fourth-order valence-electron chi connectivity index (χ4n) is 1.18. The number of carbonyl (C=O) groups excluding carboxylic acids is 2. The highest BCUT2D eigenvalue weighted by molar-refractivity contribution is 7.96. The SMILES string of the molecule is C=CCN(CCC)C(=O)CCNC(=O)S. The minimum Gasteiger partial charge on any atom is -0.347 e. The zero-order chi connectivity index (χ0) is 11.7. The molecule has 0 atom stereocenters. The van der Waals surface area contributed by atoms with Crippen LogP contribution >= 0.6 is 12.6 Å². The summed E-state index contributed by atoms with van der Waals surface area (Å²) >= 11 is 3.54. The Balaban J connectivity index is 3.90. The van der Waals surface area contributed by atoms with Gasteiger partial charge in [-0.2, -0.15) is 0 Å². The molecule has 2 amide bonds. The van der Waals surface area contributed by atoms with E-state index in [1.807, 2.05) is 6.92 Å². The van der Waals surface area contributed by atoms with Crippen LogP contribution in [0.4, 0.5) is 4.79 Å². The molecule has 0 aromatic heterocycles. The van der Waals surface area contributed by atoms with Crippen LogP contribution in [0.5, 0.6) is 0 Å². The van der Waals surface area contributed by atoms with Gasteiger partial charge in [0.15, 0.2) is 0 Å². The molecule has 0 saturated heterocycles. The second-order valence-corrected chi connectivity index (χ2v) is 3.52. The second-order valence-electron chi connectivity index (χ2n) is 3.11. The molecule has 0 rings (SSSR count). The maximum absolute atomic E-state index is 11.6. The molecule has 0 radical (unpaired) electrons. The van der Waals surface area contributed by atoms with E-state index in [-0.39, 0.29) is 5.91 Å². The minimum absolute atomic E-state index is 0.0267. The van der Waals surface area contributed by atoms with Gasteiger partial charge in [-0.1, -0.05) is 25.6 Å². The van der Waals surface area contributed by atoms with Crippen molar-refractivity contribution in [2.45, 2.75) is 19.8 Å². The van der Waals surface area contributed by atoms with E-state index >= 15 is 0 Å². The molecule has 1 N–H and O–H groups in total. The summed E-state index contributed by atoms with van der Waals surface area (Å²) in [4.78, 5) is 23.8. The number of rotatable bonds is 7. The van der Waals surface area contributed by atoms with Crippen LogP contribution in [0.1, 0.15) is 19.8 Å². The lowest BCUT2D eigenvalue weighted by molar-refractivity contribution is -0.130. The van der Waals surface area contributed by atoms with Crippen molar-refractivity contribution >= 4 is 23.8 Å². The van der Waals surface area contributed by atoms with Gasteiger partial charge in [0.1, 0.15) is 0 Å². The van der Waals surface area contributed by atoms with E-state index in [1.54, 1.807) is 11.0 Å². The zero-order valence-electron chi connectivity index (χ0n) is 9.03. The van der Waals surface area contributed by atoms with E-state index in [4.69, 9.17) is 0 Å². The molecule has 0 saturated carbocycles. The first-order chi connectivity index (χ1) is 7.11. The number of amides is 2. The molecule has 0 aromatic rings. The maximum atomic E-state index is 11.6. The number of carbonyl (C=O) groups is 2. The predicted octanol–water partition coefficient (Wildman–Crippen LogP) is 1.44. The topological polar surface area (TPSA) is 49.4 Å². The van der Waals surface area contributed by atoms with Gasteiger partial charge in [-0.15, -0.1) is 6.58 Å². The van der Waals surface area contributed by atoms with Crippen LogP contribution < -0.4 is 5.32 Å². The first-order valence-corrected chi connectivity index (χ1v) is 5.42. The van der Waals surface area contributed by atoms with E-state index in [9.17, 15) is 9.59 Å². The van der Waals surface area contributed by atoms with Crippen molar-refractivity contribution in [3.63, 3.8) is 0 Å². The average Bonchev–Trinajstić information content (AvgIpc) is 2.16. The maximum Gasteiger partial charge on any atom is 0.275 e. The molecule has 0 unspecified atom stereocenters. The molecule has 0 aliphatic rings. The van der Waals surface area contributed by atoms with E-state index in [0.29, 0.717) is 19.5 Å². The lowest BCUT2D eigenvalue weighted by atomic mass is 10.3. The Morgan fingerprint density at radius 3 is 2.67 bits per heavy atom. The van der Waals surface area contributed by atoms with Gasteiger partial charge in [0.2, 0.25) is 5.91 Å². The summed E-state index contributed by atoms with van der Waals surface area (Å²) in [6.45, 7) is 7.22. The number of hydrogen-bond donors (Lipinski definition) is 2. The van der Waals surface area contributed by atoms with Crippen molar-refractivity contribution in [1.82, 2.24) is 10.2 Å². The third-order valence-corrected chi connectivity index (χ3v) is 1.97. The van der Waals surface area contributed by atoms with Crippen molar-refractivity contribution in [3.8, 4) is 0 Å². The first kappa shape index (κ1) is 14.0. The molecular formula is C10H18N2O2S. The Labute approximate surface area is 96.1 Å². The molecule has 0 heterocycles. The van der Waals surface area contributed by atoms with Crippen molar-refractivity contribution in [2.75, 3.05) is 19.6 Å². The van der Waals surface area contributed by atoms with Gasteiger partial charge in [0.05, 0.1) is 0 Å². The smallest absolute Gasteiger partial charge is 0.275 e. The normalized spacial score (nSPS) is 9.47. The van der Waals surface area contributed by atoms with Crippen molar-refractivity contribution in [3.05, 3.63) is 12.7 Å². The number of thiol groups is 1. The molecule has 5 heteroatoms. The molecule has 0 spiro atoms. The number of nitrogens with zero attached hydrogens (tertiary/aromatic N) is 1. The van der Waals surface area contributed by atoms with Crippen LogP contribution in [0.2, 0.25) is 0 Å². The van der Waals surface area contributed by atoms with E-state index < -0.39 is 5.24 Å². The monoisotopic (exact) mass is 230 g/mol. The van der Waals surface area contributed by atoms with Crippen molar-refractivity contribution < 1.29 is 9.59 Å². The van der Waals surface area contributed by atoms with Gasteiger partial charge < -0.3 is 10.2 Å². The summed E-state index contributed by atoms with van der Waals surface area (Å²) in [7, 11) is 0. The molecule has 86 valence electrons. The van der Waals surface area contributed by atoms with E-state index in [1.165, 1.54) is 0 Å². The summed E-state index contributed by atoms with van der Waals surface area (Å²) in [6, 6.07) is 0. The van der Waals surface area contributed by atoms with Crippen LogP contribution in [0.3, 0.4) is 0 Å². The van der Waals surface area contributed by atoms with Gasteiger partial charge in [-0.3, -0.25) is 9.59 Å². The molecule has 0 aliphatic carbocycles. The van der Waals surface area contributed by atoms with Crippen LogP contribution in [0.15, 0.2) is 12.7 Å². The standard InChI is InChI=1S/C10H18N2O2S/c1-3-7-12(8-4-2)9(13)5-6-11-10(14)15/h3H,1,4-8H2,2H3,(H2,11,14,15). The molecule has 0 aliphatic heterocycles. The quantitative estimate of drug-likeness (QED) is 0.513.